The zero-order chi connectivity index (χ0) is 17.4. The van der Waals surface area contributed by atoms with E-state index in [4.69, 9.17) is 21.1 Å². The molecule has 0 aromatic heterocycles. The number of hydrogen-bond acceptors (Lipinski definition) is 3. The van der Waals surface area contributed by atoms with Crippen molar-refractivity contribution in [1.82, 2.24) is 0 Å². The lowest BCUT2D eigenvalue weighted by Gasteiger charge is -2.10. The summed E-state index contributed by atoms with van der Waals surface area (Å²) < 4.78 is 11.8. The molecular weight excluding hydrogens is 392 g/mol. The summed E-state index contributed by atoms with van der Waals surface area (Å²) in [5, 5.41) is 0.595. The monoisotopic (exact) mass is 410 g/mol. The maximum Gasteiger partial charge on any atom is 0.343 e. The first-order valence-corrected chi connectivity index (χ1v) is 9.17. The third-order valence-electron chi connectivity index (χ3n) is 3.45. The highest BCUT2D eigenvalue weighted by Crippen LogP contribution is 2.27. The number of esters is 1. The van der Waals surface area contributed by atoms with Crippen molar-refractivity contribution in [1.29, 1.82) is 0 Å². The fourth-order valence-electron chi connectivity index (χ4n) is 2.12. The van der Waals surface area contributed by atoms with Crippen molar-refractivity contribution < 1.29 is 14.3 Å². The van der Waals surface area contributed by atoms with Gasteiger partial charge in [0, 0.05) is 5.02 Å². The predicted octanol–water partition coefficient (Wildman–Crippen LogP) is 6.28. The smallest absolute Gasteiger partial charge is 0.343 e. The number of carbonyl (C=O) groups is 1. The molecule has 0 aliphatic carbocycles. The van der Waals surface area contributed by atoms with Gasteiger partial charge in [0.15, 0.2) is 0 Å². The number of unbranched alkanes of at least 4 members (excludes halogenated alkanes) is 3. The molecule has 0 radical (unpaired) electrons. The van der Waals surface area contributed by atoms with E-state index >= 15 is 0 Å². The summed E-state index contributed by atoms with van der Waals surface area (Å²) >= 11 is 9.26. The van der Waals surface area contributed by atoms with Crippen molar-refractivity contribution in [2.24, 2.45) is 0 Å². The van der Waals surface area contributed by atoms with Gasteiger partial charge in [-0.3, -0.25) is 0 Å². The molecule has 0 aliphatic heterocycles. The average Bonchev–Trinajstić information content (AvgIpc) is 2.58. The first-order chi connectivity index (χ1) is 11.6. The standard InChI is InChI=1S/C19H20BrClO3/c1-2-3-4-5-12-23-18-11-6-14(13-17(18)20)19(22)24-16-9-7-15(21)8-10-16/h6-11,13H,2-5,12H2,1H3. The van der Waals surface area contributed by atoms with Gasteiger partial charge in [0.25, 0.3) is 0 Å². The van der Waals surface area contributed by atoms with E-state index < -0.39 is 5.97 Å². The molecule has 0 bridgehead atoms. The third-order valence-corrected chi connectivity index (χ3v) is 4.32. The molecule has 128 valence electrons. The zero-order valence-electron chi connectivity index (χ0n) is 13.6. The number of ether oxygens (including phenoxy) is 2. The van der Waals surface area contributed by atoms with E-state index in [1.54, 1.807) is 42.5 Å². The van der Waals surface area contributed by atoms with Crippen LogP contribution < -0.4 is 9.47 Å². The third kappa shape index (κ3) is 5.84. The lowest BCUT2D eigenvalue weighted by molar-refractivity contribution is 0.0734. The summed E-state index contributed by atoms with van der Waals surface area (Å²) in [6.45, 7) is 2.85. The SMILES string of the molecule is CCCCCCOc1ccc(C(=O)Oc2ccc(Cl)cc2)cc1Br. The fraction of sp³-hybridized carbons (Fsp3) is 0.316. The molecule has 24 heavy (non-hydrogen) atoms. The molecule has 5 heteroatoms. The van der Waals surface area contributed by atoms with Crippen LogP contribution in [0.25, 0.3) is 0 Å². The molecule has 3 nitrogen and oxygen atoms in total. The Morgan fingerprint density at radius 1 is 1.08 bits per heavy atom. The Morgan fingerprint density at radius 2 is 1.83 bits per heavy atom. The summed E-state index contributed by atoms with van der Waals surface area (Å²) in [6.07, 6.45) is 4.62. The summed E-state index contributed by atoms with van der Waals surface area (Å²) in [7, 11) is 0. The molecule has 2 aromatic carbocycles. The second-order valence-electron chi connectivity index (χ2n) is 5.40. The van der Waals surface area contributed by atoms with Gasteiger partial charge in [-0.2, -0.15) is 0 Å². The van der Waals surface area contributed by atoms with Gasteiger partial charge >= 0.3 is 5.97 Å². The molecule has 0 fully saturated rings. The van der Waals surface area contributed by atoms with E-state index in [1.165, 1.54) is 19.3 Å². The Hall–Kier alpha value is -1.52. The van der Waals surface area contributed by atoms with E-state index in [9.17, 15) is 4.79 Å². The minimum atomic E-state index is -0.424. The Labute approximate surface area is 156 Å². The summed E-state index contributed by atoms with van der Waals surface area (Å²) in [5.41, 5.74) is 0.454. The molecule has 0 saturated carbocycles. The maximum atomic E-state index is 12.2. The summed E-state index contributed by atoms with van der Waals surface area (Å²) in [5.74, 6) is 0.763. The number of hydrogen-bond donors (Lipinski definition) is 0. The molecule has 0 amide bonds. The van der Waals surface area contributed by atoms with Gasteiger partial charge in [0.05, 0.1) is 16.6 Å². The molecule has 0 heterocycles. The average molecular weight is 412 g/mol. The summed E-state index contributed by atoms with van der Waals surface area (Å²) in [4.78, 5) is 12.2. The second-order valence-corrected chi connectivity index (χ2v) is 6.69. The van der Waals surface area contributed by atoms with Crippen molar-refractivity contribution in [3.05, 3.63) is 57.5 Å². The number of benzene rings is 2. The predicted molar refractivity (Wildman–Crippen MR) is 100 cm³/mol. The van der Waals surface area contributed by atoms with Crippen LogP contribution in [0.4, 0.5) is 0 Å². The van der Waals surface area contributed by atoms with Gasteiger partial charge in [-0.05, 0) is 64.8 Å². The van der Waals surface area contributed by atoms with Crippen molar-refractivity contribution in [2.45, 2.75) is 32.6 Å². The van der Waals surface area contributed by atoms with E-state index in [2.05, 4.69) is 22.9 Å². The Balaban J connectivity index is 1.92. The minimum absolute atomic E-state index is 0.424. The lowest BCUT2D eigenvalue weighted by atomic mass is 10.2. The van der Waals surface area contributed by atoms with Crippen LogP contribution in [-0.4, -0.2) is 12.6 Å². The molecule has 0 N–H and O–H groups in total. The zero-order valence-corrected chi connectivity index (χ0v) is 15.9. The maximum absolute atomic E-state index is 12.2. The molecule has 2 aromatic rings. The second kappa shape index (κ2) is 9.70. The Morgan fingerprint density at radius 3 is 2.50 bits per heavy atom. The van der Waals surface area contributed by atoms with Crippen molar-refractivity contribution >= 4 is 33.5 Å². The van der Waals surface area contributed by atoms with Crippen LogP contribution in [0.2, 0.25) is 5.02 Å². The molecule has 0 aliphatic rings. The number of carbonyl (C=O) groups excluding carboxylic acids is 1. The van der Waals surface area contributed by atoms with Gasteiger partial charge in [0.2, 0.25) is 0 Å². The first kappa shape index (κ1) is 18.8. The molecule has 0 atom stereocenters. The van der Waals surface area contributed by atoms with E-state index in [0.717, 1.165) is 16.6 Å². The normalized spacial score (nSPS) is 10.5. The van der Waals surface area contributed by atoms with Gasteiger partial charge in [-0.25, -0.2) is 4.79 Å². The minimum Gasteiger partial charge on any atom is -0.492 e. The van der Waals surface area contributed by atoms with Gasteiger partial charge in [-0.15, -0.1) is 0 Å². The number of halogens is 2. The highest BCUT2D eigenvalue weighted by Gasteiger charge is 2.11. The molecular formula is C19H20BrClO3. The molecule has 2 rings (SSSR count). The van der Waals surface area contributed by atoms with Crippen LogP contribution in [0.3, 0.4) is 0 Å². The van der Waals surface area contributed by atoms with Gasteiger partial charge < -0.3 is 9.47 Å². The largest absolute Gasteiger partial charge is 0.492 e. The topological polar surface area (TPSA) is 35.5 Å². The van der Waals surface area contributed by atoms with Crippen LogP contribution in [-0.2, 0) is 0 Å². The highest BCUT2D eigenvalue weighted by atomic mass is 79.9. The van der Waals surface area contributed by atoms with Gasteiger partial charge in [-0.1, -0.05) is 37.8 Å². The lowest BCUT2D eigenvalue weighted by Crippen LogP contribution is -2.08. The summed E-state index contributed by atoms with van der Waals surface area (Å²) in [6, 6.07) is 11.9. The number of rotatable bonds is 8. The van der Waals surface area contributed by atoms with E-state index in [-0.39, 0.29) is 0 Å². The van der Waals surface area contributed by atoms with Gasteiger partial charge in [0.1, 0.15) is 11.5 Å². The van der Waals surface area contributed by atoms with Crippen molar-refractivity contribution in [3.63, 3.8) is 0 Å². The van der Waals surface area contributed by atoms with Crippen molar-refractivity contribution in [2.75, 3.05) is 6.61 Å². The first-order valence-electron chi connectivity index (χ1n) is 8.00. The van der Waals surface area contributed by atoms with Crippen LogP contribution in [0.1, 0.15) is 43.0 Å². The fourth-order valence-corrected chi connectivity index (χ4v) is 2.74. The van der Waals surface area contributed by atoms with E-state index in [1.807, 2.05) is 0 Å². The Kier molecular flexibility index (Phi) is 7.60. The molecule has 0 unspecified atom stereocenters. The van der Waals surface area contributed by atoms with Crippen LogP contribution in [0, 0.1) is 0 Å². The van der Waals surface area contributed by atoms with Crippen LogP contribution in [0.5, 0.6) is 11.5 Å². The molecule has 0 saturated heterocycles. The highest BCUT2D eigenvalue weighted by molar-refractivity contribution is 9.10. The quantitative estimate of drug-likeness (QED) is 0.291. The van der Waals surface area contributed by atoms with Crippen LogP contribution in [0.15, 0.2) is 46.9 Å². The molecule has 0 spiro atoms. The van der Waals surface area contributed by atoms with Crippen molar-refractivity contribution in [3.8, 4) is 11.5 Å². The van der Waals surface area contributed by atoms with E-state index in [0.29, 0.717) is 22.9 Å². The Bertz CT molecular complexity index is 671. The van der Waals surface area contributed by atoms with Crippen LogP contribution >= 0.6 is 27.5 Å².